The minimum atomic E-state index is 0.395. The second kappa shape index (κ2) is 3.25. The van der Waals surface area contributed by atoms with Crippen LogP contribution in [0.4, 0.5) is 0 Å². The van der Waals surface area contributed by atoms with Gasteiger partial charge in [-0.25, -0.2) is 0 Å². The van der Waals surface area contributed by atoms with E-state index in [-0.39, 0.29) is 0 Å². The van der Waals surface area contributed by atoms with Gasteiger partial charge in [-0.3, -0.25) is 0 Å². The summed E-state index contributed by atoms with van der Waals surface area (Å²) in [6.07, 6.45) is 1.07. The van der Waals surface area contributed by atoms with Gasteiger partial charge in [-0.15, -0.1) is 0 Å². The number of rotatable bonds is 1. The number of hydroxylamine groups is 1. The largest absolute Gasteiger partial charge is 0.301 e. The molecule has 2 rings (SSSR count). The van der Waals surface area contributed by atoms with Crippen molar-refractivity contribution in [1.29, 1.82) is 0 Å². The Kier molecular flexibility index (Phi) is 2.11. The first-order valence-electron chi connectivity index (χ1n) is 4.31. The van der Waals surface area contributed by atoms with Crippen molar-refractivity contribution in [2.24, 2.45) is 0 Å². The minimum Gasteiger partial charge on any atom is -0.301 e. The third-order valence-corrected chi connectivity index (χ3v) is 2.30. The number of hydrogen-bond donors (Lipinski definition) is 1. The molecule has 1 aromatic carbocycles. The Morgan fingerprint density at radius 2 is 2.25 bits per heavy atom. The standard InChI is InChI=1S/C10H13NO/c1-8-4-2-3-5-9(8)10-6-7-12-11-10/h2-5,10-11H,6-7H2,1H3. The van der Waals surface area contributed by atoms with Crippen LogP contribution in [0, 0.1) is 6.92 Å². The zero-order chi connectivity index (χ0) is 8.39. The third kappa shape index (κ3) is 1.36. The second-order valence-electron chi connectivity index (χ2n) is 3.16. The van der Waals surface area contributed by atoms with Crippen molar-refractivity contribution in [3.05, 3.63) is 35.4 Å². The molecule has 0 bridgehead atoms. The molecular weight excluding hydrogens is 150 g/mol. The fourth-order valence-corrected chi connectivity index (χ4v) is 1.59. The van der Waals surface area contributed by atoms with Gasteiger partial charge in [0.25, 0.3) is 0 Å². The number of hydrogen-bond acceptors (Lipinski definition) is 2. The predicted molar refractivity (Wildman–Crippen MR) is 47.6 cm³/mol. The van der Waals surface area contributed by atoms with Crippen molar-refractivity contribution in [2.75, 3.05) is 6.61 Å². The van der Waals surface area contributed by atoms with Gasteiger partial charge in [-0.05, 0) is 24.5 Å². The molecule has 1 fully saturated rings. The highest BCUT2D eigenvalue weighted by atomic mass is 16.7. The number of benzene rings is 1. The van der Waals surface area contributed by atoms with E-state index >= 15 is 0 Å². The Morgan fingerprint density at radius 3 is 2.92 bits per heavy atom. The summed E-state index contributed by atoms with van der Waals surface area (Å²) in [5.41, 5.74) is 5.70. The zero-order valence-corrected chi connectivity index (χ0v) is 7.21. The Balaban J connectivity index is 2.26. The molecule has 12 heavy (non-hydrogen) atoms. The van der Waals surface area contributed by atoms with Gasteiger partial charge in [-0.1, -0.05) is 24.3 Å². The lowest BCUT2D eigenvalue weighted by atomic mass is 10.0. The molecule has 0 aromatic heterocycles. The van der Waals surface area contributed by atoms with E-state index in [1.54, 1.807) is 0 Å². The first-order chi connectivity index (χ1) is 5.88. The second-order valence-corrected chi connectivity index (χ2v) is 3.16. The molecule has 2 nitrogen and oxygen atoms in total. The summed E-state index contributed by atoms with van der Waals surface area (Å²) >= 11 is 0. The van der Waals surface area contributed by atoms with Gasteiger partial charge in [0.2, 0.25) is 0 Å². The van der Waals surface area contributed by atoms with E-state index in [4.69, 9.17) is 4.84 Å². The van der Waals surface area contributed by atoms with Crippen LogP contribution in [-0.2, 0) is 4.84 Å². The molecule has 1 unspecified atom stereocenters. The molecule has 0 amide bonds. The summed E-state index contributed by atoms with van der Waals surface area (Å²) in [6.45, 7) is 2.95. The molecule has 1 aliphatic heterocycles. The first-order valence-corrected chi connectivity index (χ1v) is 4.31. The van der Waals surface area contributed by atoms with Gasteiger partial charge in [0, 0.05) is 0 Å². The van der Waals surface area contributed by atoms with Crippen molar-refractivity contribution in [1.82, 2.24) is 5.48 Å². The maximum Gasteiger partial charge on any atom is 0.0701 e. The molecule has 1 heterocycles. The summed E-state index contributed by atoms with van der Waals surface area (Å²) in [5.74, 6) is 0. The lowest BCUT2D eigenvalue weighted by molar-refractivity contribution is 0.0882. The summed E-state index contributed by atoms with van der Waals surface area (Å²) in [5, 5.41) is 0. The van der Waals surface area contributed by atoms with Crippen molar-refractivity contribution in [3.8, 4) is 0 Å². The van der Waals surface area contributed by atoms with Crippen LogP contribution in [-0.4, -0.2) is 6.61 Å². The smallest absolute Gasteiger partial charge is 0.0701 e. The molecule has 1 aromatic rings. The van der Waals surface area contributed by atoms with E-state index in [9.17, 15) is 0 Å². The van der Waals surface area contributed by atoms with Gasteiger partial charge in [-0.2, -0.15) is 5.48 Å². The normalized spacial score (nSPS) is 22.9. The number of nitrogens with one attached hydrogen (secondary N) is 1. The van der Waals surface area contributed by atoms with E-state index in [1.807, 2.05) is 0 Å². The molecular formula is C10H13NO. The molecule has 0 spiro atoms. The fourth-order valence-electron chi connectivity index (χ4n) is 1.59. The Morgan fingerprint density at radius 1 is 1.42 bits per heavy atom. The van der Waals surface area contributed by atoms with Crippen molar-refractivity contribution < 1.29 is 4.84 Å². The number of aryl methyl sites for hydroxylation is 1. The predicted octanol–water partition coefficient (Wildman–Crippen LogP) is 1.96. The monoisotopic (exact) mass is 163 g/mol. The van der Waals surface area contributed by atoms with Crippen molar-refractivity contribution in [2.45, 2.75) is 19.4 Å². The van der Waals surface area contributed by atoms with Gasteiger partial charge < -0.3 is 4.84 Å². The Hall–Kier alpha value is -0.860. The first kappa shape index (κ1) is 7.77. The van der Waals surface area contributed by atoms with Gasteiger partial charge in [0.05, 0.1) is 12.6 Å². The fraction of sp³-hybridized carbons (Fsp3) is 0.400. The summed E-state index contributed by atoms with van der Waals surface area (Å²) in [6, 6.07) is 8.82. The van der Waals surface area contributed by atoms with Crippen LogP contribution in [0.25, 0.3) is 0 Å². The van der Waals surface area contributed by atoms with Crippen LogP contribution in [0.2, 0.25) is 0 Å². The molecule has 1 atom stereocenters. The summed E-state index contributed by atoms with van der Waals surface area (Å²) in [7, 11) is 0. The van der Waals surface area contributed by atoms with E-state index in [1.165, 1.54) is 11.1 Å². The SMILES string of the molecule is Cc1ccccc1C1CCON1. The molecule has 2 heteroatoms. The van der Waals surface area contributed by atoms with Crippen molar-refractivity contribution >= 4 is 0 Å². The van der Waals surface area contributed by atoms with E-state index < -0.39 is 0 Å². The lowest BCUT2D eigenvalue weighted by Gasteiger charge is -2.11. The van der Waals surface area contributed by atoms with Crippen LogP contribution in [0.5, 0.6) is 0 Å². The van der Waals surface area contributed by atoms with Gasteiger partial charge in [0.1, 0.15) is 0 Å². The maximum atomic E-state index is 5.12. The van der Waals surface area contributed by atoms with E-state index in [0.29, 0.717) is 6.04 Å². The lowest BCUT2D eigenvalue weighted by Crippen LogP contribution is -2.12. The molecule has 1 N–H and O–H groups in total. The molecule has 64 valence electrons. The molecule has 1 aliphatic rings. The highest BCUT2D eigenvalue weighted by Crippen LogP contribution is 2.23. The van der Waals surface area contributed by atoms with E-state index in [2.05, 4.69) is 36.7 Å². The molecule has 1 saturated heterocycles. The van der Waals surface area contributed by atoms with Crippen molar-refractivity contribution in [3.63, 3.8) is 0 Å². The Bertz CT molecular complexity index is 266. The zero-order valence-electron chi connectivity index (χ0n) is 7.21. The van der Waals surface area contributed by atoms with E-state index in [0.717, 1.165) is 13.0 Å². The van der Waals surface area contributed by atoms with Crippen LogP contribution in [0.3, 0.4) is 0 Å². The highest BCUT2D eigenvalue weighted by Gasteiger charge is 2.17. The third-order valence-electron chi connectivity index (χ3n) is 2.30. The van der Waals surface area contributed by atoms with Crippen LogP contribution in [0.15, 0.2) is 24.3 Å². The molecule has 0 aliphatic carbocycles. The molecule has 0 radical (unpaired) electrons. The average Bonchev–Trinajstić information content (AvgIpc) is 2.57. The summed E-state index contributed by atoms with van der Waals surface area (Å²) < 4.78 is 0. The van der Waals surface area contributed by atoms with Gasteiger partial charge in [0.15, 0.2) is 0 Å². The van der Waals surface area contributed by atoms with Crippen LogP contribution >= 0.6 is 0 Å². The quantitative estimate of drug-likeness (QED) is 0.683. The van der Waals surface area contributed by atoms with Crippen LogP contribution in [0.1, 0.15) is 23.6 Å². The summed E-state index contributed by atoms with van der Waals surface area (Å²) in [4.78, 5) is 5.12. The minimum absolute atomic E-state index is 0.395. The molecule has 0 saturated carbocycles. The van der Waals surface area contributed by atoms with Gasteiger partial charge >= 0.3 is 0 Å². The topological polar surface area (TPSA) is 21.3 Å². The Labute approximate surface area is 72.5 Å². The average molecular weight is 163 g/mol. The maximum absolute atomic E-state index is 5.12. The highest BCUT2D eigenvalue weighted by molar-refractivity contribution is 5.28. The van der Waals surface area contributed by atoms with Crippen LogP contribution < -0.4 is 5.48 Å².